The number of methoxy groups -OCH3 is 1. The van der Waals surface area contributed by atoms with Crippen molar-refractivity contribution in [3.8, 4) is 5.75 Å². The number of ether oxygens (including phenoxy) is 1. The number of aromatic nitrogens is 1. The molecule has 39 heavy (non-hydrogen) atoms. The second-order valence-electron chi connectivity index (χ2n) is 10.8. The molecule has 4 aromatic rings. The van der Waals surface area contributed by atoms with Crippen LogP contribution in [0.1, 0.15) is 43.0 Å². The van der Waals surface area contributed by atoms with Gasteiger partial charge < -0.3 is 15.4 Å². The van der Waals surface area contributed by atoms with Gasteiger partial charge in [0.15, 0.2) is 0 Å². The van der Waals surface area contributed by atoms with E-state index in [9.17, 15) is 9.59 Å². The smallest absolute Gasteiger partial charge is 0.253 e. The zero-order chi connectivity index (χ0) is 27.1. The molecule has 3 aliphatic rings. The minimum atomic E-state index is -0.475. The molecular formula is C32H34N4O3. The molecule has 2 bridgehead atoms. The monoisotopic (exact) mass is 522 g/mol. The van der Waals surface area contributed by atoms with Gasteiger partial charge in [-0.05, 0) is 73.5 Å². The molecule has 7 rings (SSSR count). The second-order valence-corrected chi connectivity index (χ2v) is 10.8. The Morgan fingerprint density at radius 2 is 1.85 bits per heavy atom. The highest BCUT2D eigenvalue weighted by molar-refractivity contribution is 5.85. The number of benzene rings is 2. The zero-order valence-corrected chi connectivity index (χ0v) is 22.4. The number of nitrogens with zero attached hydrogens (tertiary/aromatic N) is 2. The molecule has 4 heterocycles. The topological polar surface area (TPSA) is 83.6 Å². The Hall–Kier alpha value is -3.97. The van der Waals surface area contributed by atoms with Crippen LogP contribution in [0.3, 0.4) is 0 Å². The minimum Gasteiger partial charge on any atom is -0.497 e. The lowest BCUT2D eigenvalue weighted by Gasteiger charge is -2.52. The summed E-state index contributed by atoms with van der Waals surface area (Å²) in [7, 11) is 1.66. The van der Waals surface area contributed by atoms with E-state index in [1.807, 2.05) is 67.7 Å². The molecule has 3 aromatic carbocycles. The van der Waals surface area contributed by atoms with Crippen LogP contribution in [0.5, 0.6) is 5.75 Å². The molecule has 6 atom stereocenters. The number of pyridine rings is 1. The van der Waals surface area contributed by atoms with Crippen LogP contribution in [0.15, 0.2) is 83.0 Å². The number of anilines is 2. The molecule has 0 saturated carbocycles. The Morgan fingerprint density at radius 1 is 1.08 bits per heavy atom. The summed E-state index contributed by atoms with van der Waals surface area (Å²) in [5.41, 5.74) is 2.73. The molecule has 0 radical (unpaired) electrons. The molecule has 200 valence electrons. The fourth-order valence-corrected chi connectivity index (χ4v) is 6.51. The molecule has 3 aliphatic heterocycles. The van der Waals surface area contributed by atoms with Crippen LogP contribution in [-0.4, -0.2) is 36.1 Å². The Labute approximate surface area is 228 Å². The van der Waals surface area contributed by atoms with Crippen molar-refractivity contribution < 1.29 is 4.74 Å². The van der Waals surface area contributed by atoms with E-state index < -0.39 is 10.9 Å². The first-order valence-electron chi connectivity index (χ1n) is 13.7. The summed E-state index contributed by atoms with van der Waals surface area (Å²) in [4.78, 5) is 32.9. The zero-order valence-electron chi connectivity index (χ0n) is 22.4. The van der Waals surface area contributed by atoms with Crippen molar-refractivity contribution >= 4 is 22.3 Å². The number of hydrogen-bond donors (Lipinski definition) is 2. The van der Waals surface area contributed by atoms with E-state index in [1.54, 1.807) is 7.11 Å². The van der Waals surface area contributed by atoms with Crippen LogP contribution in [0, 0.1) is 11.8 Å². The average molecular weight is 523 g/mol. The number of rotatable bonds is 9. The first-order chi connectivity index (χ1) is 19.0. The highest BCUT2D eigenvalue weighted by atomic mass is 16.5. The normalized spacial score (nSPS) is 23.8. The Kier molecular flexibility index (Phi) is 6.69. The molecule has 7 heteroatoms. The third-order valence-electron chi connectivity index (χ3n) is 8.73. The first kappa shape index (κ1) is 25.3. The maximum Gasteiger partial charge on any atom is 0.253 e. The van der Waals surface area contributed by atoms with Crippen molar-refractivity contribution in [2.75, 3.05) is 30.8 Å². The van der Waals surface area contributed by atoms with Crippen LogP contribution >= 0.6 is 0 Å². The molecule has 0 amide bonds. The van der Waals surface area contributed by atoms with E-state index in [-0.39, 0.29) is 18.1 Å². The summed E-state index contributed by atoms with van der Waals surface area (Å²) in [6, 6.07) is 17.6. The van der Waals surface area contributed by atoms with Gasteiger partial charge in [-0.15, -0.1) is 6.58 Å². The van der Waals surface area contributed by atoms with Crippen molar-refractivity contribution in [3.05, 3.63) is 105 Å². The first-order valence-corrected chi connectivity index (χ1v) is 13.7. The van der Waals surface area contributed by atoms with E-state index in [0.29, 0.717) is 23.2 Å². The van der Waals surface area contributed by atoms with Crippen LogP contribution in [0.2, 0.25) is 0 Å². The third kappa shape index (κ3) is 4.51. The number of hydrogen-bond acceptors (Lipinski definition) is 7. The van der Waals surface area contributed by atoms with Gasteiger partial charge in [0.1, 0.15) is 17.1 Å². The summed E-state index contributed by atoms with van der Waals surface area (Å²) in [5, 5.41) is 7.88. The van der Waals surface area contributed by atoms with Gasteiger partial charge in [-0.1, -0.05) is 36.4 Å². The van der Waals surface area contributed by atoms with Gasteiger partial charge in [0.25, 0.3) is 10.9 Å². The SMILES string of the molecule is C=C[C@H]1CN2CC[C@H]1C[C@@H]2[C@@H](Nc1c(N[C@H](C)c2ccccc2)c(=O)c1=O)c1ccnc2ccc(OC)cc12. The van der Waals surface area contributed by atoms with Crippen molar-refractivity contribution in [1.29, 1.82) is 0 Å². The summed E-state index contributed by atoms with van der Waals surface area (Å²) in [6.45, 7) is 8.03. The van der Waals surface area contributed by atoms with Gasteiger partial charge in [0.05, 0.1) is 18.7 Å². The van der Waals surface area contributed by atoms with Gasteiger partial charge in [0, 0.05) is 30.2 Å². The molecule has 0 spiro atoms. The highest BCUT2D eigenvalue weighted by Crippen LogP contribution is 2.44. The standard InChI is InChI=1S/C32H34N4O3/c1-4-20-18-36-15-13-22(20)16-27(36)28(24-12-14-33-26-11-10-23(39-3)17-25(24)26)35-30-29(31(37)32(30)38)34-19(2)21-8-6-5-7-9-21/h4-12,14,17,19-20,22,27-28,34-35H,1,13,15-16,18H2,2-3H3/t19-,20+,22+,27-,28+/m1/s1. The fourth-order valence-electron chi connectivity index (χ4n) is 6.51. The van der Waals surface area contributed by atoms with Gasteiger partial charge in [-0.2, -0.15) is 0 Å². The number of piperidine rings is 3. The minimum absolute atomic E-state index is 0.123. The lowest BCUT2D eigenvalue weighted by Crippen LogP contribution is -2.56. The molecule has 7 nitrogen and oxygen atoms in total. The Balaban J connectivity index is 1.40. The Morgan fingerprint density at radius 3 is 2.54 bits per heavy atom. The molecule has 3 saturated heterocycles. The van der Waals surface area contributed by atoms with E-state index in [4.69, 9.17) is 4.74 Å². The summed E-state index contributed by atoms with van der Waals surface area (Å²) in [6.07, 6.45) is 6.04. The molecule has 0 aliphatic carbocycles. The lowest BCUT2D eigenvalue weighted by molar-refractivity contribution is 0.0105. The van der Waals surface area contributed by atoms with Gasteiger partial charge in [-0.25, -0.2) is 0 Å². The second kappa shape index (κ2) is 10.3. The quantitative estimate of drug-likeness (QED) is 0.235. The van der Waals surface area contributed by atoms with Crippen LogP contribution in [-0.2, 0) is 0 Å². The fraction of sp³-hybridized carbons (Fsp3) is 0.344. The van der Waals surface area contributed by atoms with E-state index in [0.717, 1.165) is 53.7 Å². The summed E-state index contributed by atoms with van der Waals surface area (Å²) < 4.78 is 5.54. The Bertz CT molecular complexity index is 1580. The highest BCUT2D eigenvalue weighted by Gasteiger charge is 2.43. The predicted molar refractivity (Wildman–Crippen MR) is 156 cm³/mol. The lowest BCUT2D eigenvalue weighted by atomic mass is 9.73. The average Bonchev–Trinajstić information content (AvgIpc) is 3.00. The van der Waals surface area contributed by atoms with Crippen molar-refractivity contribution in [2.45, 2.75) is 37.9 Å². The largest absolute Gasteiger partial charge is 0.497 e. The maximum atomic E-state index is 13.0. The molecular weight excluding hydrogens is 488 g/mol. The van der Waals surface area contributed by atoms with Gasteiger partial charge in [-0.3, -0.25) is 19.5 Å². The van der Waals surface area contributed by atoms with Gasteiger partial charge in [0.2, 0.25) is 0 Å². The summed E-state index contributed by atoms with van der Waals surface area (Å²) in [5.74, 6) is 1.77. The maximum absolute atomic E-state index is 13.0. The number of fused-ring (bicyclic) bond motifs is 4. The molecule has 1 unspecified atom stereocenters. The van der Waals surface area contributed by atoms with Crippen LogP contribution in [0.25, 0.3) is 10.9 Å². The summed E-state index contributed by atoms with van der Waals surface area (Å²) >= 11 is 0. The molecule has 2 N–H and O–H groups in total. The van der Waals surface area contributed by atoms with Crippen molar-refractivity contribution in [3.63, 3.8) is 0 Å². The molecule has 3 fully saturated rings. The van der Waals surface area contributed by atoms with E-state index in [2.05, 4.69) is 33.2 Å². The van der Waals surface area contributed by atoms with E-state index in [1.165, 1.54) is 0 Å². The van der Waals surface area contributed by atoms with Crippen LogP contribution in [0.4, 0.5) is 11.4 Å². The van der Waals surface area contributed by atoms with Gasteiger partial charge >= 0.3 is 0 Å². The third-order valence-corrected chi connectivity index (χ3v) is 8.73. The van der Waals surface area contributed by atoms with Crippen molar-refractivity contribution in [1.82, 2.24) is 9.88 Å². The van der Waals surface area contributed by atoms with Crippen molar-refractivity contribution in [2.24, 2.45) is 11.8 Å². The van der Waals surface area contributed by atoms with E-state index >= 15 is 0 Å². The predicted octanol–water partition coefficient (Wildman–Crippen LogP) is 5.06. The number of nitrogens with one attached hydrogen (secondary N) is 2. The van der Waals surface area contributed by atoms with Crippen LogP contribution < -0.4 is 26.2 Å². The molecule has 1 aromatic heterocycles.